The van der Waals surface area contributed by atoms with Crippen LogP contribution in [0, 0.1) is 0 Å². The second-order valence-corrected chi connectivity index (χ2v) is 4.79. The first kappa shape index (κ1) is 22.3. The van der Waals surface area contributed by atoms with Crippen molar-refractivity contribution in [3.05, 3.63) is 71.3 Å². The number of rotatable bonds is 5. The predicted molar refractivity (Wildman–Crippen MR) is 91.9 cm³/mol. The van der Waals surface area contributed by atoms with E-state index in [9.17, 15) is 14.4 Å². The van der Waals surface area contributed by atoms with E-state index in [0.29, 0.717) is 6.42 Å². The lowest BCUT2D eigenvalue weighted by Gasteiger charge is -2.04. The van der Waals surface area contributed by atoms with E-state index in [1.807, 2.05) is 30.3 Å². The molecule has 0 spiro atoms. The van der Waals surface area contributed by atoms with Crippen molar-refractivity contribution in [2.24, 2.45) is 5.73 Å². The van der Waals surface area contributed by atoms with Crippen molar-refractivity contribution in [1.82, 2.24) is 0 Å². The van der Waals surface area contributed by atoms with Gasteiger partial charge in [-0.3, -0.25) is 4.79 Å². The third kappa shape index (κ3) is 7.63. The number of hydrogen-bond donors (Lipinski definition) is 4. The normalized spacial score (nSPS) is 10.4. The third-order valence-corrected chi connectivity index (χ3v) is 3.00. The molecule has 7 nitrogen and oxygen atoms in total. The minimum Gasteiger partial charge on any atom is -0.480 e. The molecule has 0 bridgehead atoms. The summed E-state index contributed by atoms with van der Waals surface area (Å²) in [4.78, 5) is 31.3. The molecule has 0 aromatic heterocycles. The van der Waals surface area contributed by atoms with Gasteiger partial charge in [0.05, 0.1) is 11.1 Å². The molecule has 2 aromatic rings. The van der Waals surface area contributed by atoms with Gasteiger partial charge in [-0.1, -0.05) is 42.5 Å². The van der Waals surface area contributed by atoms with E-state index in [1.54, 1.807) is 0 Å². The summed E-state index contributed by atoms with van der Waals surface area (Å²) in [6, 6.07) is 14.0. The second kappa shape index (κ2) is 11.0. The lowest BCUT2D eigenvalue weighted by molar-refractivity contribution is -0.138. The Balaban J connectivity index is 0.000000443. The van der Waals surface area contributed by atoms with Crippen LogP contribution in [0.2, 0.25) is 0 Å². The first-order valence-electron chi connectivity index (χ1n) is 6.91. The highest BCUT2D eigenvalue weighted by Gasteiger charge is 2.13. The molecule has 0 aliphatic rings. The van der Waals surface area contributed by atoms with Crippen LogP contribution >= 0.6 is 0 Å². The zero-order valence-corrected chi connectivity index (χ0v) is 14.4. The van der Waals surface area contributed by atoms with E-state index in [0.717, 1.165) is 5.56 Å². The number of aromatic carboxylic acids is 2. The van der Waals surface area contributed by atoms with E-state index in [-0.39, 0.29) is 28.5 Å². The number of carbonyl (C=O) groups is 3. The molecule has 8 heteroatoms. The van der Waals surface area contributed by atoms with Crippen LogP contribution in [-0.2, 0) is 11.2 Å². The average Bonchev–Trinajstić information content (AvgIpc) is 2.56. The van der Waals surface area contributed by atoms with Crippen LogP contribution in [0.25, 0.3) is 0 Å². The molecular formula is C17H17AlNO6. The summed E-state index contributed by atoms with van der Waals surface area (Å²) < 4.78 is 0. The molecule has 1 unspecified atom stereocenters. The molecule has 0 amide bonds. The van der Waals surface area contributed by atoms with Crippen LogP contribution in [0.3, 0.4) is 0 Å². The van der Waals surface area contributed by atoms with Gasteiger partial charge in [0.1, 0.15) is 6.04 Å². The van der Waals surface area contributed by atoms with Gasteiger partial charge in [0.15, 0.2) is 0 Å². The van der Waals surface area contributed by atoms with Crippen LogP contribution < -0.4 is 5.73 Å². The van der Waals surface area contributed by atoms with E-state index in [4.69, 9.17) is 21.1 Å². The molecule has 3 radical (unpaired) electrons. The van der Waals surface area contributed by atoms with Crippen LogP contribution in [0.5, 0.6) is 0 Å². The van der Waals surface area contributed by atoms with Crippen molar-refractivity contribution in [2.45, 2.75) is 12.5 Å². The summed E-state index contributed by atoms with van der Waals surface area (Å²) in [5.41, 5.74) is 5.92. The fraction of sp³-hybridized carbons (Fsp3) is 0.118. The molecule has 0 fully saturated rings. The molecule has 0 saturated heterocycles. The van der Waals surface area contributed by atoms with Gasteiger partial charge in [0.2, 0.25) is 0 Å². The van der Waals surface area contributed by atoms with Crippen molar-refractivity contribution in [3.8, 4) is 0 Å². The predicted octanol–water partition coefficient (Wildman–Crippen LogP) is 1.34. The number of aliphatic carboxylic acids is 1. The number of carboxylic acids is 3. The molecule has 2 aromatic carbocycles. The topological polar surface area (TPSA) is 138 Å². The minimum absolute atomic E-state index is 0. The molecule has 129 valence electrons. The average molecular weight is 358 g/mol. The maximum atomic E-state index is 10.5. The van der Waals surface area contributed by atoms with Crippen LogP contribution in [0.4, 0.5) is 0 Å². The molecule has 5 N–H and O–H groups in total. The van der Waals surface area contributed by atoms with Gasteiger partial charge < -0.3 is 21.1 Å². The number of carboxylic acid groups (broad SMARTS) is 3. The van der Waals surface area contributed by atoms with Gasteiger partial charge in [-0.25, -0.2) is 9.59 Å². The lowest BCUT2D eigenvalue weighted by atomic mass is 10.1. The number of hydrogen-bond acceptors (Lipinski definition) is 4. The van der Waals surface area contributed by atoms with Crippen molar-refractivity contribution >= 4 is 35.3 Å². The van der Waals surface area contributed by atoms with Crippen molar-refractivity contribution in [2.75, 3.05) is 0 Å². The van der Waals surface area contributed by atoms with Crippen molar-refractivity contribution in [3.63, 3.8) is 0 Å². The Morgan fingerprint density at radius 1 is 0.800 bits per heavy atom. The highest BCUT2D eigenvalue weighted by Crippen LogP contribution is 2.07. The highest BCUT2D eigenvalue weighted by atomic mass is 27.0. The molecule has 0 aliphatic carbocycles. The SMILES string of the molecule is NC(Cc1ccccc1)C(=O)O.O=C(O)c1ccccc1C(=O)O.[Al]. The summed E-state index contributed by atoms with van der Waals surface area (Å²) in [7, 11) is 0. The first-order chi connectivity index (χ1) is 11.3. The summed E-state index contributed by atoms with van der Waals surface area (Å²) in [6.45, 7) is 0. The summed E-state index contributed by atoms with van der Waals surface area (Å²) in [6.07, 6.45) is 0.385. The Morgan fingerprint density at radius 2 is 1.20 bits per heavy atom. The zero-order valence-electron chi connectivity index (χ0n) is 13.2. The smallest absolute Gasteiger partial charge is 0.336 e. The van der Waals surface area contributed by atoms with Gasteiger partial charge in [-0.15, -0.1) is 0 Å². The summed E-state index contributed by atoms with van der Waals surface area (Å²) >= 11 is 0. The van der Waals surface area contributed by atoms with Gasteiger partial charge in [0.25, 0.3) is 0 Å². The van der Waals surface area contributed by atoms with Crippen molar-refractivity contribution < 1.29 is 29.7 Å². The number of nitrogens with two attached hydrogens (primary N) is 1. The first-order valence-corrected chi connectivity index (χ1v) is 6.91. The van der Waals surface area contributed by atoms with Crippen molar-refractivity contribution in [1.29, 1.82) is 0 Å². The van der Waals surface area contributed by atoms with Gasteiger partial charge in [-0.05, 0) is 24.1 Å². The molecule has 2 rings (SSSR count). The fourth-order valence-corrected chi connectivity index (χ4v) is 1.81. The van der Waals surface area contributed by atoms with E-state index < -0.39 is 23.9 Å². The lowest BCUT2D eigenvalue weighted by Crippen LogP contribution is -2.32. The monoisotopic (exact) mass is 358 g/mol. The molecule has 0 saturated carbocycles. The summed E-state index contributed by atoms with van der Waals surface area (Å²) in [5, 5.41) is 25.6. The van der Waals surface area contributed by atoms with E-state index in [1.165, 1.54) is 24.3 Å². The van der Waals surface area contributed by atoms with Crippen LogP contribution in [-0.4, -0.2) is 56.6 Å². The maximum Gasteiger partial charge on any atom is 0.336 e. The van der Waals surface area contributed by atoms with Crippen LogP contribution in [0.1, 0.15) is 26.3 Å². The van der Waals surface area contributed by atoms with E-state index in [2.05, 4.69) is 0 Å². The number of benzene rings is 2. The van der Waals surface area contributed by atoms with Gasteiger partial charge in [-0.2, -0.15) is 0 Å². The Hall–Kier alpha value is -2.66. The standard InChI is InChI=1S/C9H11NO2.C8H6O4.Al/c10-8(9(11)12)6-7-4-2-1-3-5-7;9-7(10)5-3-1-2-4-6(5)8(11)12;/h1-5,8H,6,10H2,(H,11,12);1-4H,(H,9,10)(H,11,12);. The molecular weight excluding hydrogens is 341 g/mol. The molecule has 0 aliphatic heterocycles. The Labute approximate surface area is 154 Å². The third-order valence-electron chi connectivity index (χ3n) is 3.00. The minimum atomic E-state index is -1.23. The maximum absolute atomic E-state index is 10.5. The van der Waals surface area contributed by atoms with Gasteiger partial charge in [0, 0.05) is 17.4 Å². The Morgan fingerprint density at radius 3 is 1.56 bits per heavy atom. The Kier molecular flexibility index (Phi) is 9.83. The van der Waals surface area contributed by atoms with Crippen LogP contribution in [0.15, 0.2) is 54.6 Å². The van der Waals surface area contributed by atoms with E-state index >= 15 is 0 Å². The Bertz CT molecular complexity index is 687. The zero-order chi connectivity index (χ0) is 18.1. The quantitative estimate of drug-likeness (QED) is 0.592. The fourth-order valence-electron chi connectivity index (χ4n) is 1.81. The summed E-state index contributed by atoms with van der Waals surface area (Å²) in [5.74, 6) is -3.42. The molecule has 25 heavy (non-hydrogen) atoms. The largest absolute Gasteiger partial charge is 0.480 e. The highest BCUT2D eigenvalue weighted by molar-refractivity contribution is 6.01. The molecule has 1 atom stereocenters. The van der Waals surface area contributed by atoms with Gasteiger partial charge >= 0.3 is 17.9 Å². The molecule has 0 heterocycles. The second-order valence-electron chi connectivity index (χ2n) is 4.79.